The van der Waals surface area contributed by atoms with Gasteiger partial charge in [0.05, 0.1) is 11.1 Å². The number of rotatable bonds is 5. The third kappa shape index (κ3) is 4.65. The number of fused-ring (bicyclic) bond motifs is 1. The molecule has 2 heterocycles. The summed E-state index contributed by atoms with van der Waals surface area (Å²) >= 11 is 0. The Hall–Kier alpha value is -4.48. The molecule has 2 amide bonds. The van der Waals surface area contributed by atoms with Crippen molar-refractivity contribution in [2.24, 2.45) is 0 Å². The molecule has 174 valence electrons. The predicted molar refractivity (Wildman–Crippen MR) is 113 cm³/mol. The highest BCUT2D eigenvalue weighted by molar-refractivity contribution is 6.11. The zero-order valence-electron chi connectivity index (χ0n) is 17.3. The van der Waals surface area contributed by atoms with E-state index >= 15 is 0 Å². The summed E-state index contributed by atoms with van der Waals surface area (Å²) in [5, 5.41) is 11.0. The smallest absolute Gasteiger partial charge is 0.416 e. The molecule has 0 atom stereocenters. The second-order valence-electron chi connectivity index (χ2n) is 6.99. The summed E-state index contributed by atoms with van der Waals surface area (Å²) in [6, 6.07) is 9.17. The van der Waals surface area contributed by atoms with Crippen LogP contribution in [0.3, 0.4) is 0 Å². The van der Waals surface area contributed by atoms with Crippen molar-refractivity contribution in [2.75, 3.05) is 12.4 Å². The van der Waals surface area contributed by atoms with Gasteiger partial charge in [0.1, 0.15) is 11.4 Å². The Morgan fingerprint density at radius 2 is 1.82 bits per heavy atom. The van der Waals surface area contributed by atoms with Crippen LogP contribution in [0.15, 0.2) is 54.7 Å². The van der Waals surface area contributed by atoms with E-state index in [2.05, 4.69) is 25.8 Å². The summed E-state index contributed by atoms with van der Waals surface area (Å²) in [7, 11) is 1.44. The van der Waals surface area contributed by atoms with Crippen LogP contribution in [0.25, 0.3) is 10.9 Å². The van der Waals surface area contributed by atoms with E-state index in [1.54, 1.807) is 0 Å². The number of amides is 2. The molecule has 34 heavy (non-hydrogen) atoms. The Morgan fingerprint density at radius 3 is 2.53 bits per heavy atom. The first-order valence-corrected chi connectivity index (χ1v) is 9.68. The molecule has 0 saturated heterocycles. The number of hydrogen-bond acceptors (Lipinski definition) is 5. The van der Waals surface area contributed by atoms with Crippen molar-refractivity contribution >= 4 is 28.4 Å². The summed E-state index contributed by atoms with van der Waals surface area (Å²) in [4.78, 5) is 28.1. The van der Waals surface area contributed by atoms with Gasteiger partial charge in [0, 0.05) is 36.5 Å². The van der Waals surface area contributed by atoms with Crippen molar-refractivity contribution in [3.63, 3.8) is 0 Å². The number of anilines is 1. The van der Waals surface area contributed by atoms with Crippen molar-refractivity contribution in [3.8, 4) is 11.5 Å². The van der Waals surface area contributed by atoms with E-state index in [1.807, 2.05) is 0 Å². The van der Waals surface area contributed by atoms with E-state index in [4.69, 9.17) is 4.74 Å². The molecule has 0 unspecified atom stereocenters. The number of aromatic amines is 1. The summed E-state index contributed by atoms with van der Waals surface area (Å²) in [5.74, 6) is -2.14. The van der Waals surface area contributed by atoms with Crippen LogP contribution in [0.1, 0.15) is 26.5 Å². The van der Waals surface area contributed by atoms with E-state index < -0.39 is 29.4 Å². The third-order valence-corrected chi connectivity index (χ3v) is 4.71. The molecule has 0 aliphatic rings. The van der Waals surface area contributed by atoms with E-state index in [0.717, 1.165) is 18.2 Å². The molecule has 0 radical (unpaired) electrons. The van der Waals surface area contributed by atoms with Crippen molar-refractivity contribution in [2.45, 2.75) is 6.18 Å². The topological polar surface area (TPSA) is 109 Å². The molecule has 0 aliphatic carbocycles. The number of nitrogens with zero attached hydrogens (tertiary/aromatic N) is 2. The second-order valence-corrected chi connectivity index (χ2v) is 6.99. The minimum absolute atomic E-state index is 0.0266. The van der Waals surface area contributed by atoms with Crippen LogP contribution in [0.4, 0.5) is 23.2 Å². The Labute approximate surface area is 189 Å². The monoisotopic (exact) mass is 473 g/mol. The first-order chi connectivity index (χ1) is 16.2. The second kappa shape index (κ2) is 8.81. The van der Waals surface area contributed by atoms with Crippen LogP contribution in [0, 0.1) is 5.82 Å². The lowest BCUT2D eigenvalue weighted by Gasteiger charge is -2.10. The molecule has 2 aromatic heterocycles. The number of hydrogen-bond donors (Lipinski definition) is 3. The maximum Gasteiger partial charge on any atom is 0.416 e. The number of alkyl halides is 3. The van der Waals surface area contributed by atoms with Gasteiger partial charge in [0.2, 0.25) is 0 Å². The summed E-state index contributed by atoms with van der Waals surface area (Å²) in [6.07, 6.45) is -3.26. The van der Waals surface area contributed by atoms with Crippen LogP contribution in [-0.2, 0) is 6.18 Å². The van der Waals surface area contributed by atoms with Gasteiger partial charge in [-0.2, -0.15) is 18.3 Å². The zero-order chi connectivity index (χ0) is 24.5. The number of aromatic nitrogens is 3. The van der Waals surface area contributed by atoms with E-state index in [0.29, 0.717) is 0 Å². The maximum absolute atomic E-state index is 14.6. The summed E-state index contributed by atoms with van der Waals surface area (Å²) in [6.45, 7) is 0. The summed E-state index contributed by atoms with van der Waals surface area (Å²) < 4.78 is 59.1. The van der Waals surface area contributed by atoms with Gasteiger partial charge in [-0.25, -0.2) is 4.39 Å². The van der Waals surface area contributed by atoms with Gasteiger partial charge in [-0.05, 0) is 36.4 Å². The lowest BCUT2D eigenvalue weighted by Crippen LogP contribution is -2.18. The number of H-pyrrole nitrogens is 1. The highest BCUT2D eigenvalue weighted by Crippen LogP contribution is 2.32. The predicted octanol–water partition coefficient (Wildman–Crippen LogP) is 4.52. The number of carbonyl (C=O) groups is 2. The Morgan fingerprint density at radius 1 is 1.03 bits per heavy atom. The molecule has 0 bridgehead atoms. The van der Waals surface area contributed by atoms with Gasteiger partial charge in [-0.1, -0.05) is 0 Å². The lowest BCUT2D eigenvalue weighted by molar-refractivity contribution is -0.137. The van der Waals surface area contributed by atoms with E-state index in [9.17, 15) is 27.2 Å². The molecular weight excluding hydrogens is 458 g/mol. The van der Waals surface area contributed by atoms with Gasteiger partial charge in [-0.3, -0.25) is 19.7 Å². The molecule has 0 aliphatic heterocycles. The van der Waals surface area contributed by atoms with Crippen LogP contribution in [0.5, 0.6) is 11.5 Å². The van der Waals surface area contributed by atoms with Gasteiger partial charge in [-0.15, -0.1) is 0 Å². The number of carbonyl (C=O) groups excluding carboxylic acids is 2. The molecule has 12 heteroatoms. The average molecular weight is 473 g/mol. The molecule has 4 aromatic rings. The fourth-order valence-corrected chi connectivity index (χ4v) is 3.07. The highest BCUT2D eigenvalue weighted by atomic mass is 19.4. The fourth-order valence-electron chi connectivity index (χ4n) is 3.07. The SMILES string of the molecule is CNC(=O)c1cc(Oc2ccc(NC(=O)c3n[nH]c4ccc(C(F)(F)F)cc34)cc2F)ccn1. The first-order valence-electron chi connectivity index (χ1n) is 9.68. The average Bonchev–Trinajstić information content (AvgIpc) is 3.23. The van der Waals surface area contributed by atoms with Crippen LogP contribution in [0.2, 0.25) is 0 Å². The van der Waals surface area contributed by atoms with Crippen LogP contribution < -0.4 is 15.4 Å². The normalized spacial score (nSPS) is 11.3. The fraction of sp³-hybridized carbons (Fsp3) is 0.0909. The van der Waals surface area contributed by atoms with Crippen LogP contribution >= 0.6 is 0 Å². The van der Waals surface area contributed by atoms with Crippen molar-refractivity contribution in [3.05, 3.63) is 77.5 Å². The molecule has 3 N–H and O–H groups in total. The molecule has 0 saturated carbocycles. The maximum atomic E-state index is 14.6. The van der Waals surface area contributed by atoms with Crippen molar-refractivity contribution < 1.29 is 31.9 Å². The van der Waals surface area contributed by atoms with Gasteiger partial charge < -0.3 is 15.4 Å². The number of pyridine rings is 1. The number of halogens is 4. The summed E-state index contributed by atoms with van der Waals surface area (Å²) in [5.41, 5.74) is -0.872. The molecule has 8 nitrogen and oxygen atoms in total. The Balaban J connectivity index is 1.53. The van der Waals surface area contributed by atoms with Crippen molar-refractivity contribution in [1.82, 2.24) is 20.5 Å². The Bertz CT molecular complexity index is 1400. The minimum atomic E-state index is -4.59. The van der Waals surface area contributed by atoms with E-state index in [1.165, 1.54) is 43.6 Å². The van der Waals surface area contributed by atoms with E-state index in [-0.39, 0.29) is 39.5 Å². The first kappa shape index (κ1) is 22.7. The minimum Gasteiger partial charge on any atom is -0.454 e. The third-order valence-electron chi connectivity index (χ3n) is 4.71. The number of ether oxygens (including phenoxy) is 1. The van der Waals surface area contributed by atoms with Crippen molar-refractivity contribution in [1.29, 1.82) is 0 Å². The zero-order valence-corrected chi connectivity index (χ0v) is 17.3. The molecule has 2 aromatic carbocycles. The molecule has 0 fully saturated rings. The molecule has 4 rings (SSSR count). The number of benzene rings is 2. The van der Waals surface area contributed by atoms with Crippen LogP contribution in [-0.4, -0.2) is 34.0 Å². The quantitative estimate of drug-likeness (QED) is 0.370. The largest absolute Gasteiger partial charge is 0.454 e. The Kier molecular flexibility index (Phi) is 5.88. The molecular formula is C22H15F4N5O3. The standard InChI is InChI=1S/C22H15F4N5O3/c1-27-20(32)17-10-13(6-7-28-17)34-18-5-3-12(9-15(18)23)29-21(33)19-14-8-11(22(24,25)26)2-4-16(14)30-31-19/h2-10H,1H3,(H,27,32)(H,29,33)(H,30,31). The highest BCUT2D eigenvalue weighted by Gasteiger charge is 2.31. The van der Waals surface area contributed by atoms with Gasteiger partial charge >= 0.3 is 6.18 Å². The number of nitrogens with one attached hydrogen (secondary N) is 3. The van der Waals surface area contributed by atoms with Gasteiger partial charge in [0.25, 0.3) is 11.8 Å². The lowest BCUT2D eigenvalue weighted by atomic mass is 10.1. The van der Waals surface area contributed by atoms with Gasteiger partial charge in [0.15, 0.2) is 17.3 Å². The molecule has 0 spiro atoms.